The second kappa shape index (κ2) is 10.1. The summed E-state index contributed by atoms with van der Waals surface area (Å²) in [5.41, 5.74) is 2.08. The molecule has 0 aromatic heterocycles. The van der Waals surface area contributed by atoms with E-state index in [1.165, 1.54) is 12.8 Å². The quantitative estimate of drug-likeness (QED) is 0.558. The molecule has 1 fully saturated rings. The molecule has 0 spiro atoms. The van der Waals surface area contributed by atoms with E-state index in [2.05, 4.69) is 18.7 Å². The second-order valence-electron chi connectivity index (χ2n) is 7.46. The highest BCUT2D eigenvalue weighted by Crippen LogP contribution is 2.31. The summed E-state index contributed by atoms with van der Waals surface area (Å²) < 4.78 is 6.24. The van der Waals surface area contributed by atoms with E-state index in [0.29, 0.717) is 6.42 Å². The van der Waals surface area contributed by atoms with Gasteiger partial charge in [-0.1, -0.05) is 44.5 Å². The molecule has 1 aliphatic heterocycles. The highest BCUT2D eigenvalue weighted by atomic mass is 16.5. The van der Waals surface area contributed by atoms with Gasteiger partial charge in [-0.2, -0.15) is 0 Å². The zero-order valence-electron chi connectivity index (χ0n) is 16.4. The predicted molar refractivity (Wildman–Crippen MR) is 104 cm³/mol. The van der Waals surface area contributed by atoms with E-state index in [1.807, 2.05) is 31.2 Å². The van der Waals surface area contributed by atoms with Crippen LogP contribution in [0.25, 0.3) is 0 Å². The minimum Gasteiger partial charge on any atom is -0.375 e. The number of benzene rings is 1. The number of carbonyl (C=O) groups excluding carboxylic acids is 1. The van der Waals surface area contributed by atoms with Crippen molar-refractivity contribution in [3.8, 4) is 0 Å². The van der Waals surface area contributed by atoms with E-state index >= 15 is 0 Å². The highest BCUT2D eigenvalue weighted by Gasteiger charge is 2.34. The van der Waals surface area contributed by atoms with E-state index in [9.17, 15) is 4.79 Å². The lowest BCUT2D eigenvalue weighted by Gasteiger charge is -2.42. The molecule has 0 unspecified atom stereocenters. The normalized spacial score (nSPS) is 17.6. The first-order chi connectivity index (χ1) is 12.1. The Morgan fingerprint density at radius 3 is 2.52 bits per heavy atom. The molecule has 2 rings (SSSR count). The summed E-state index contributed by atoms with van der Waals surface area (Å²) in [5, 5.41) is 0. The van der Waals surface area contributed by atoms with Gasteiger partial charge in [0.25, 0.3) is 0 Å². The van der Waals surface area contributed by atoms with Crippen LogP contribution in [0.5, 0.6) is 0 Å². The van der Waals surface area contributed by atoms with E-state index < -0.39 is 0 Å². The summed E-state index contributed by atoms with van der Waals surface area (Å²) in [6, 6.07) is 7.90. The SMILES string of the molecule is CCCOC1(CCC)CCN(CCCC(=O)c2ccccc2C)CC1. The number of ketones is 1. The molecule has 0 amide bonds. The van der Waals surface area contributed by atoms with Crippen molar-refractivity contribution >= 4 is 5.78 Å². The van der Waals surface area contributed by atoms with Crippen LogP contribution in [0.3, 0.4) is 0 Å². The molecule has 1 aromatic rings. The molecule has 25 heavy (non-hydrogen) atoms. The first-order valence-corrected chi connectivity index (χ1v) is 10.1. The van der Waals surface area contributed by atoms with Crippen LogP contribution in [0.15, 0.2) is 24.3 Å². The van der Waals surface area contributed by atoms with Gasteiger partial charge >= 0.3 is 0 Å². The van der Waals surface area contributed by atoms with Gasteiger partial charge in [-0.3, -0.25) is 4.79 Å². The summed E-state index contributed by atoms with van der Waals surface area (Å²) in [4.78, 5) is 14.9. The van der Waals surface area contributed by atoms with Gasteiger partial charge in [0.1, 0.15) is 0 Å². The number of ether oxygens (including phenoxy) is 1. The average Bonchev–Trinajstić information content (AvgIpc) is 2.62. The summed E-state index contributed by atoms with van der Waals surface area (Å²) >= 11 is 0. The van der Waals surface area contributed by atoms with Gasteiger partial charge in [0, 0.05) is 31.7 Å². The summed E-state index contributed by atoms with van der Waals surface area (Å²) in [5.74, 6) is 0.279. The van der Waals surface area contributed by atoms with Crippen LogP contribution in [0.1, 0.15) is 74.7 Å². The molecule has 0 N–H and O–H groups in total. The van der Waals surface area contributed by atoms with Gasteiger partial charge < -0.3 is 9.64 Å². The van der Waals surface area contributed by atoms with Gasteiger partial charge in [-0.05, 0) is 51.1 Å². The zero-order valence-corrected chi connectivity index (χ0v) is 16.4. The number of aryl methyl sites for hydroxylation is 1. The van der Waals surface area contributed by atoms with Gasteiger partial charge in [-0.25, -0.2) is 0 Å². The van der Waals surface area contributed by atoms with Crippen LogP contribution in [0.2, 0.25) is 0 Å². The lowest BCUT2D eigenvalue weighted by Crippen LogP contribution is -2.46. The standard InChI is InChI=1S/C22H35NO2/c1-4-12-22(25-18-5-2)13-16-23(17-14-22)15-8-11-21(24)20-10-7-6-9-19(20)3/h6-7,9-10H,4-5,8,11-18H2,1-3H3. The first-order valence-electron chi connectivity index (χ1n) is 10.1. The van der Waals surface area contributed by atoms with Crippen LogP contribution < -0.4 is 0 Å². The Kier molecular flexibility index (Phi) is 8.11. The molecule has 1 aliphatic rings. The molecule has 140 valence electrons. The smallest absolute Gasteiger partial charge is 0.163 e. The molecule has 0 atom stereocenters. The third kappa shape index (κ3) is 5.93. The van der Waals surface area contributed by atoms with Crippen molar-refractivity contribution in [2.75, 3.05) is 26.2 Å². The Morgan fingerprint density at radius 2 is 1.88 bits per heavy atom. The summed E-state index contributed by atoms with van der Waals surface area (Å²) in [6.45, 7) is 10.5. The van der Waals surface area contributed by atoms with Crippen LogP contribution in [-0.4, -0.2) is 42.5 Å². The molecule has 0 radical (unpaired) electrons. The van der Waals surface area contributed by atoms with Crippen molar-refractivity contribution in [1.29, 1.82) is 0 Å². The van der Waals surface area contributed by atoms with Crippen molar-refractivity contribution in [2.45, 2.75) is 71.3 Å². The topological polar surface area (TPSA) is 29.5 Å². The minimum absolute atomic E-state index is 0.109. The maximum atomic E-state index is 12.4. The molecule has 1 heterocycles. The molecule has 0 saturated carbocycles. The van der Waals surface area contributed by atoms with Crippen molar-refractivity contribution < 1.29 is 9.53 Å². The zero-order chi connectivity index (χ0) is 18.1. The largest absolute Gasteiger partial charge is 0.375 e. The van der Waals surface area contributed by atoms with Gasteiger partial charge in [0.05, 0.1) is 5.60 Å². The Bertz CT molecular complexity index is 533. The van der Waals surface area contributed by atoms with E-state index in [0.717, 1.165) is 63.1 Å². The number of hydrogen-bond acceptors (Lipinski definition) is 3. The molecule has 0 aliphatic carbocycles. The fraction of sp³-hybridized carbons (Fsp3) is 0.682. The third-order valence-corrected chi connectivity index (χ3v) is 5.41. The lowest BCUT2D eigenvalue weighted by atomic mass is 9.86. The predicted octanol–water partition coefficient (Wildman–Crippen LogP) is 5.02. The second-order valence-corrected chi connectivity index (χ2v) is 7.46. The number of nitrogens with zero attached hydrogens (tertiary/aromatic N) is 1. The maximum Gasteiger partial charge on any atom is 0.163 e. The molecule has 3 heteroatoms. The Labute approximate surface area is 153 Å². The number of carbonyl (C=O) groups is 1. The molecule has 3 nitrogen and oxygen atoms in total. The van der Waals surface area contributed by atoms with Crippen molar-refractivity contribution in [2.24, 2.45) is 0 Å². The van der Waals surface area contributed by atoms with Crippen molar-refractivity contribution in [1.82, 2.24) is 4.90 Å². The summed E-state index contributed by atoms with van der Waals surface area (Å²) in [7, 11) is 0. The number of rotatable bonds is 10. The van der Waals surface area contributed by atoms with Crippen molar-refractivity contribution in [3.63, 3.8) is 0 Å². The average molecular weight is 346 g/mol. The van der Waals surface area contributed by atoms with Gasteiger partial charge in [-0.15, -0.1) is 0 Å². The highest BCUT2D eigenvalue weighted by molar-refractivity contribution is 5.97. The molecule has 1 aromatic carbocycles. The number of hydrogen-bond donors (Lipinski definition) is 0. The van der Waals surface area contributed by atoms with Crippen LogP contribution in [-0.2, 0) is 4.74 Å². The van der Waals surface area contributed by atoms with Gasteiger partial charge in [0.15, 0.2) is 5.78 Å². The lowest BCUT2D eigenvalue weighted by molar-refractivity contribution is -0.0892. The van der Waals surface area contributed by atoms with E-state index in [4.69, 9.17) is 4.74 Å². The third-order valence-electron chi connectivity index (χ3n) is 5.41. The number of piperidine rings is 1. The van der Waals surface area contributed by atoms with Crippen LogP contribution >= 0.6 is 0 Å². The Balaban J connectivity index is 1.74. The first kappa shape index (κ1) is 20.1. The monoisotopic (exact) mass is 345 g/mol. The Hall–Kier alpha value is -1.19. The van der Waals surface area contributed by atoms with Crippen molar-refractivity contribution in [3.05, 3.63) is 35.4 Å². The summed E-state index contributed by atoms with van der Waals surface area (Å²) in [6.07, 6.45) is 7.31. The van der Waals surface area contributed by atoms with Crippen LogP contribution in [0.4, 0.5) is 0 Å². The van der Waals surface area contributed by atoms with E-state index in [-0.39, 0.29) is 11.4 Å². The van der Waals surface area contributed by atoms with Crippen LogP contribution in [0, 0.1) is 6.92 Å². The molecule has 1 saturated heterocycles. The number of Topliss-reactive ketones (excluding diaryl/α,β-unsaturated/α-hetero) is 1. The minimum atomic E-state index is 0.109. The molecular formula is C22H35NO2. The molecular weight excluding hydrogens is 310 g/mol. The maximum absolute atomic E-state index is 12.4. The Morgan fingerprint density at radius 1 is 1.16 bits per heavy atom. The fourth-order valence-electron chi connectivity index (χ4n) is 3.91. The van der Waals surface area contributed by atoms with E-state index in [1.54, 1.807) is 0 Å². The molecule has 0 bridgehead atoms. The fourth-order valence-corrected chi connectivity index (χ4v) is 3.91. The number of likely N-dealkylation sites (tertiary alicyclic amines) is 1. The van der Waals surface area contributed by atoms with Gasteiger partial charge in [0.2, 0.25) is 0 Å².